The number of aromatic hydroxyl groups is 2. The van der Waals surface area contributed by atoms with Crippen molar-refractivity contribution in [3.63, 3.8) is 0 Å². The average Bonchev–Trinajstić information content (AvgIpc) is 2.51. The van der Waals surface area contributed by atoms with Gasteiger partial charge >= 0.3 is 0 Å². The Morgan fingerprint density at radius 3 is 2.24 bits per heavy atom. The van der Waals surface area contributed by atoms with Gasteiger partial charge in [0.25, 0.3) is 0 Å². The first-order valence-electron chi connectivity index (χ1n) is 9.46. The molecule has 0 amide bonds. The summed E-state index contributed by atoms with van der Waals surface area (Å²) in [5, 5.41) is 29.9. The Morgan fingerprint density at radius 1 is 1.00 bits per heavy atom. The van der Waals surface area contributed by atoms with Crippen LogP contribution >= 0.6 is 0 Å². The van der Waals surface area contributed by atoms with Crippen molar-refractivity contribution in [3.05, 3.63) is 17.7 Å². The second-order valence-corrected chi connectivity index (χ2v) is 7.06. The summed E-state index contributed by atoms with van der Waals surface area (Å²) in [6.45, 7) is 2.21. The predicted molar refractivity (Wildman–Crippen MR) is 96.1 cm³/mol. The van der Waals surface area contributed by atoms with Gasteiger partial charge < -0.3 is 20.1 Å². The smallest absolute Gasteiger partial charge is 0.215 e. The highest BCUT2D eigenvalue weighted by atomic mass is 16.6. The zero-order valence-electron chi connectivity index (χ0n) is 15.1. The molecule has 1 heterocycles. The maximum atomic E-state index is 12.2. The molecule has 0 saturated heterocycles. The van der Waals surface area contributed by atoms with Gasteiger partial charge in [-0.15, -0.1) is 0 Å². The molecule has 1 aliphatic heterocycles. The monoisotopic (exact) mass is 350 g/mol. The highest BCUT2D eigenvalue weighted by Crippen LogP contribution is 2.41. The molecule has 25 heavy (non-hydrogen) atoms. The first kappa shape index (κ1) is 19.6. The largest absolute Gasteiger partial charge is 0.508 e. The maximum absolute atomic E-state index is 12.2. The fourth-order valence-electron chi connectivity index (χ4n) is 3.38. The third-order valence-corrected chi connectivity index (χ3v) is 4.75. The van der Waals surface area contributed by atoms with Crippen molar-refractivity contribution < 1.29 is 24.9 Å². The normalized spacial score (nSPS) is 19.5. The molecule has 140 valence electrons. The van der Waals surface area contributed by atoms with Crippen LogP contribution in [0.3, 0.4) is 0 Å². The highest BCUT2D eigenvalue weighted by molar-refractivity contribution is 6.02. The Kier molecular flexibility index (Phi) is 7.12. The van der Waals surface area contributed by atoms with Crippen molar-refractivity contribution in [3.8, 4) is 17.2 Å². The van der Waals surface area contributed by atoms with Gasteiger partial charge in [-0.3, -0.25) is 4.79 Å². The molecule has 2 rings (SSSR count). The van der Waals surface area contributed by atoms with Gasteiger partial charge in [-0.1, -0.05) is 58.3 Å². The summed E-state index contributed by atoms with van der Waals surface area (Å²) in [4.78, 5) is 12.2. The van der Waals surface area contributed by atoms with E-state index in [2.05, 4.69) is 6.92 Å². The van der Waals surface area contributed by atoms with Crippen LogP contribution < -0.4 is 4.74 Å². The molecule has 1 aromatic rings. The third kappa shape index (κ3) is 5.63. The van der Waals surface area contributed by atoms with Crippen LogP contribution in [0.25, 0.3) is 0 Å². The lowest BCUT2D eigenvalue weighted by molar-refractivity contribution is -0.145. The molecule has 1 atom stereocenters. The van der Waals surface area contributed by atoms with E-state index < -0.39 is 5.79 Å². The molecule has 0 aliphatic carbocycles. The van der Waals surface area contributed by atoms with E-state index in [1.807, 2.05) is 0 Å². The van der Waals surface area contributed by atoms with E-state index in [-0.39, 0.29) is 35.0 Å². The second kappa shape index (κ2) is 9.09. The van der Waals surface area contributed by atoms with Crippen LogP contribution in [0.1, 0.15) is 87.9 Å². The van der Waals surface area contributed by atoms with Crippen LogP contribution in [-0.2, 0) is 0 Å². The number of phenols is 2. The Morgan fingerprint density at radius 2 is 1.60 bits per heavy atom. The Balaban J connectivity index is 1.76. The number of Topliss-reactive ketones (excluding diaryl/α,β-unsaturated/α-hetero) is 1. The lowest BCUT2D eigenvalue weighted by Gasteiger charge is -2.33. The van der Waals surface area contributed by atoms with E-state index in [0.717, 1.165) is 25.3 Å². The number of rotatable bonds is 10. The van der Waals surface area contributed by atoms with Crippen molar-refractivity contribution in [1.29, 1.82) is 0 Å². The number of carbonyl (C=O) groups excluding carboxylic acids is 1. The number of hydrogen-bond donors (Lipinski definition) is 3. The summed E-state index contributed by atoms with van der Waals surface area (Å²) in [6, 6.07) is 2.36. The fourth-order valence-corrected chi connectivity index (χ4v) is 3.38. The number of ether oxygens (including phenoxy) is 1. The van der Waals surface area contributed by atoms with Crippen LogP contribution in [0.2, 0.25) is 0 Å². The number of benzene rings is 1. The van der Waals surface area contributed by atoms with Gasteiger partial charge in [0.1, 0.15) is 22.8 Å². The van der Waals surface area contributed by atoms with Crippen LogP contribution in [-0.4, -0.2) is 26.9 Å². The summed E-state index contributed by atoms with van der Waals surface area (Å²) in [5.41, 5.74) is 0.0366. The number of carbonyl (C=O) groups is 1. The average molecular weight is 350 g/mol. The summed E-state index contributed by atoms with van der Waals surface area (Å²) >= 11 is 0. The zero-order chi connectivity index (χ0) is 18.3. The topological polar surface area (TPSA) is 87.0 Å². The summed E-state index contributed by atoms with van der Waals surface area (Å²) in [5.74, 6) is -2.38. The summed E-state index contributed by atoms with van der Waals surface area (Å²) < 4.78 is 5.54. The number of ketones is 1. The molecule has 1 aromatic carbocycles. The van der Waals surface area contributed by atoms with Crippen LogP contribution in [0, 0.1) is 0 Å². The van der Waals surface area contributed by atoms with Crippen LogP contribution in [0.15, 0.2) is 12.1 Å². The molecule has 0 spiro atoms. The molecule has 1 unspecified atom stereocenters. The number of phenolic OH excluding ortho intramolecular Hbond substituents is 2. The SMILES string of the molecule is CCCCCCCCCCCC1(O)CC(=O)c2c(O)cc(O)cc2O1. The van der Waals surface area contributed by atoms with Gasteiger partial charge in [-0.2, -0.15) is 0 Å². The quantitative estimate of drug-likeness (QED) is 0.534. The van der Waals surface area contributed by atoms with Crippen LogP contribution in [0.4, 0.5) is 0 Å². The van der Waals surface area contributed by atoms with Gasteiger partial charge in [0.15, 0.2) is 5.78 Å². The molecular weight excluding hydrogens is 320 g/mol. The molecule has 5 nitrogen and oxygen atoms in total. The molecule has 5 heteroatoms. The lowest BCUT2D eigenvalue weighted by Crippen LogP contribution is -2.41. The number of fused-ring (bicyclic) bond motifs is 1. The number of aliphatic hydroxyl groups is 1. The number of hydrogen-bond acceptors (Lipinski definition) is 5. The zero-order valence-corrected chi connectivity index (χ0v) is 15.1. The van der Waals surface area contributed by atoms with E-state index in [1.165, 1.54) is 44.6 Å². The van der Waals surface area contributed by atoms with Crippen molar-refractivity contribution in [2.75, 3.05) is 0 Å². The van der Waals surface area contributed by atoms with E-state index in [4.69, 9.17) is 4.74 Å². The predicted octanol–water partition coefficient (Wildman–Crippen LogP) is 4.67. The van der Waals surface area contributed by atoms with Gasteiger partial charge in [0.2, 0.25) is 5.79 Å². The second-order valence-electron chi connectivity index (χ2n) is 7.06. The Bertz CT molecular complexity index is 584. The van der Waals surface area contributed by atoms with Crippen molar-refractivity contribution in [1.82, 2.24) is 0 Å². The van der Waals surface area contributed by atoms with E-state index in [0.29, 0.717) is 6.42 Å². The fraction of sp³-hybridized carbons (Fsp3) is 0.650. The molecule has 0 radical (unpaired) electrons. The first-order valence-corrected chi connectivity index (χ1v) is 9.46. The molecule has 0 bridgehead atoms. The van der Waals surface area contributed by atoms with Crippen molar-refractivity contribution in [2.24, 2.45) is 0 Å². The van der Waals surface area contributed by atoms with Crippen LogP contribution in [0.5, 0.6) is 17.2 Å². The molecule has 3 N–H and O–H groups in total. The molecule has 0 aromatic heterocycles. The molecular formula is C20H30O5. The maximum Gasteiger partial charge on any atom is 0.215 e. The Labute approximate surface area is 149 Å². The minimum absolute atomic E-state index is 0.0366. The lowest BCUT2D eigenvalue weighted by atomic mass is 9.93. The molecule has 1 aliphatic rings. The highest BCUT2D eigenvalue weighted by Gasteiger charge is 2.39. The standard InChI is InChI=1S/C20H30O5/c1-2-3-4-5-6-7-8-9-10-11-20(24)14-17(23)19-16(22)12-15(21)13-18(19)25-20/h12-13,21-22,24H,2-11,14H2,1H3. The molecule has 0 saturated carbocycles. The third-order valence-electron chi connectivity index (χ3n) is 4.75. The number of unbranched alkanes of at least 4 members (excludes halogenated alkanes) is 8. The van der Waals surface area contributed by atoms with Gasteiger partial charge in [-0.05, 0) is 6.42 Å². The Hall–Kier alpha value is -1.75. The minimum atomic E-state index is -1.55. The minimum Gasteiger partial charge on any atom is -0.508 e. The molecule has 0 fully saturated rings. The summed E-state index contributed by atoms with van der Waals surface area (Å²) in [7, 11) is 0. The van der Waals surface area contributed by atoms with Gasteiger partial charge in [-0.25, -0.2) is 0 Å². The summed E-state index contributed by atoms with van der Waals surface area (Å²) in [6.07, 6.45) is 10.7. The van der Waals surface area contributed by atoms with Gasteiger partial charge in [0.05, 0.1) is 6.42 Å². The van der Waals surface area contributed by atoms with Gasteiger partial charge in [0, 0.05) is 18.6 Å². The van der Waals surface area contributed by atoms with E-state index in [9.17, 15) is 20.1 Å². The van der Waals surface area contributed by atoms with E-state index in [1.54, 1.807) is 0 Å². The van der Waals surface area contributed by atoms with E-state index >= 15 is 0 Å². The first-order chi connectivity index (χ1) is 11.9. The van der Waals surface area contributed by atoms with Crippen molar-refractivity contribution in [2.45, 2.75) is 83.3 Å². The van der Waals surface area contributed by atoms with Crippen molar-refractivity contribution >= 4 is 5.78 Å².